The fourth-order valence-electron chi connectivity index (χ4n) is 2.65. The Morgan fingerprint density at radius 1 is 0.955 bits per heavy atom. The summed E-state index contributed by atoms with van der Waals surface area (Å²) in [6, 6.07) is 16.2. The molecule has 3 rings (SSSR count). The molecule has 3 heteroatoms. The van der Waals surface area contributed by atoms with Crippen molar-refractivity contribution in [1.82, 2.24) is 5.16 Å². The normalized spacial score (nSPS) is 10.5. The van der Waals surface area contributed by atoms with Gasteiger partial charge in [0.15, 0.2) is 5.76 Å². The number of benzene rings is 2. The van der Waals surface area contributed by atoms with Gasteiger partial charge in [0.05, 0.1) is 0 Å². The van der Waals surface area contributed by atoms with Crippen LogP contribution in [-0.4, -0.2) is 5.16 Å². The molecule has 0 aliphatic heterocycles. The first-order valence-corrected chi connectivity index (χ1v) is 7.15. The van der Waals surface area contributed by atoms with Gasteiger partial charge in [0.2, 0.25) is 0 Å². The van der Waals surface area contributed by atoms with Gasteiger partial charge in [0.1, 0.15) is 17.3 Å². The van der Waals surface area contributed by atoms with E-state index in [1.54, 1.807) is 0 Å². The molecule has 0 N–H and O–H groups in total. The second kappa shape index (κ2) is 5.50. The molecule has 1 heterocycles. The molecule has 0 saturated carbocycles. The van der Waals surface area contributed by atoms with Crippen molar-refractivity contribution in [2.75, 3.05) is 0 Å². The lowest BCUT2D eigenvalue weighted by Gasteiger charge is -2.06. The molecule has 22 heavy (non-hydrogen) atoms. The highest BCUT2D eigenvalue weighted by molar-refractivity contribution is 5.79. The Morgan fingerprint density at radius 3 is 2.18 bits per heavy atom. The van der Waals surface area contributed by atoms with Crippen LogP contribution >= 0.6 is 0 Å². The van der Waals surface area contributed by atoms with E-state index in [1.807, 2.05) is 63.2 Å². The zero-order chi connectivity index (χ0) is 15.7. The van der Waals surface area contributed by atoms with Gasteiger partial charge in [0.25, 0.3) is 0 Å². The van der Waals surface area contributed by atoms with Crippen molar-refractivity contribution < 1.29 is 4.52 Å². The predicted molar refractivity (Wildman–Crippen MR) is 86.3 cm³/mol. The van der Waals surface area contributed by atoms with Crippen molar-refractivity contribution in [1.29, 1.82) is 5.26 Å². The number of aryl methyl sites for hydroxylation is 3. The molecule has 3 nitrogen and oxygen atoms in total. The standard InChI is InChI=1S/C19H16N2O/c1-12-7-9-15(10-8-12)19-16(11-20)18(21-22-19)17-13(2)5-4-6-14(17)3/h4-10H,1-3H3. The summed E-state index contributed by atoms with van der Waals surface area (Å²) in [4.78, 5) is 0. The van der Waals surface area contributed by atoms with Gasteiger partial charge in [-0.05, 0) is 31.9 Å². The highest BCUT2D eigenvalue weighted by atomic mass is 16.5. The molecule has 0 fully saturated rings. The van der Waals surface area contributed by atoms with Crippen LogP contribution in [-0.2, 0) is 0 Å². The van der Waals surface area contributed by atoms with Crippen LogP contribution in [0.15, 0.2) is 47.0 Å². The van der Waals surface area contributed by atoms with E-state index in [2.05, 4.69) is 11.2 Å². The van der Waals surface area contributed by atoms with Crippen LogP contribution in [0, 0.1) is 32.1 Å². The fraction of sp³-hybridized carbons (Fsp3) is 0.158. The van der Waals surface area contributed by atoms with Gasteiger partial charge in [-0.1, -0.05) is 53.2 Å². The summed E-state index contributed by atoms with van der Waals surface area (Å²) in [5.41, 5.74) is 6.28. The summed E-state index contributed by atoms with van der Waals surface area (Å²) < 4.78 is 5.50. The summed E-state index contributed by atoms with van der Waals surface area (Å²) in [7, 11) is 0. The summed E-state index contributed by atoms with van der Waals surface area (Å²) in [6.45, 7) is 6.06. The first-order chi connectivity index (χ1) is 10.6. The average molecular weight is 288 g/mol. The van der Waals surface area contributed by atoms with Gasteiger partial charge in [-0.25, -0.2) is 0 Å². The zero-order valence-electron chi connectivity index (χ0n) is 12.8. The molecule has 0 unspecified atom stereocenters. The molecule has 0 aliphatic carbocycles. The number of rotatable bonds is 2. The molecule has 0 aliphatic rings. The third-order valence-electron chi connectivity index (χ3n) is 3.84. The number of nitriles is 1. The quantitative estimate of drug-likeness (QED) is 0.680. The van der Waals surface area contributed by atoms with E-state index in [0.717, 1.165) is 27.8 Å². The van der Waals surface area contributed by atoms with Crippen LogP contribution in [0.3, 0.4) is 0 Å². The van der Waals surface area contributed by atoms with Crippen molar-refractivity contribution in [2.24, 2.45) is 0 Å². The number of nitrogens with zero attached hydrogens (tertiary/aromatic N) is 2. The lowest BCUT2D eigenvalue weighted by molar-refractivity contribution is 0.434. The Hall–Kier alpha value is -2.86. The summed E-state index contributed by atoms with van der Waals surface area (Å²) >= 11 is 0. The second-order valence-corrected chi connectivity index (χ2v) is 5.48. The van der Waals surface area contributed by atoms with E-state index in [-0.39, 0.29) is 0 Å². The van der Waals surface area contributed by atoms with E-state index in [9.17, 15) is 5.26 Å². The Balaban J connectivity index is 2.21. The summed E-state index contributed by atoms with van der Waals surface area (Å²) in [5, 5.41) is 13.8. The van der Waals surface area contributed by atoms with Crippen LogP contribution in [0.2, 0.25) is 0 Å². The topological polar surface area (TPSA) is 49.8 Å². The predicted octanol–water partition coefficient (Wildman–Crippen LogP) is 4.81. The van der Waals surface area contributed by atoms with Gasteiger partial charge >= 0.3 is 0 Å². The Labute approximate surface area is 129 Å². The smallest absolute Gasteiger partial charge is 0.185 e. The maximum atomic E-state index is 9.60. The third kappa shape index (κ3) is 2.29. The molecule has 0 amide bonds. The highest BCUT2D eigenvalue weighted by Gasteiger charge is 2.21. The largest absolute Gasteiger partial charge is 0.354 e. The molecule has 0 bridgehead atoms. The van der Waals surface area contributed by atoms with Crippen LogP contribution in [0.1, 0.15) is 22.3 Å². The number of hydrogen-bond acceptors (Lipinski definition) is 3. The minimum absolute atomic E-state index is 0.487. The summed E-state index contributed by atoms with van der Waals surface area (Å²) in [5.74, 6) is 0.528. The molecule has 3 aromatic rings. The van der Waals surface area contributed by atoms with Crippen LogP contribution in [0.5, 0.6) is 0 Å². The van der Waals surface area contributed by atoms with Gasteiger partial charge in [-0.3, -0.25) is 0 Å². The van der Waals surface area contributed by atoms with E-state index < -0.39 is 0 Å². The molecular formula is C19H16N2O. The van der Waals surface area contributed by atoms with Gasteiger partial charge in [0, 0.05) is 11.1 Å². The summed E-state index contributed by atoms with van der Waals surface area (Å²) in [6.07, 6.45) is 0. The van der Waals surface area contributed by atoms with Crippen molar-refractivity contribution in [3.8, 4) is 28.7 Å². The zero-order valence-corrected chi connectivity index (χ0v) is 12.8. The lowest BCUT2D eigenvalue weighted by Crippen LogP contribution is -1.90. The molecule has 0 atom stereocenters. The first-order valence-electron chi connectivity index (χ1n) is 7.15. The SMILES string of the molecule is Cc1ccc(-c2onc(-c3c(C)cccc3C)c2C#N)cc1. The monoisotopic (exact) mass is 288 g/mol. The highest BCUT2D eigenvalue weighted by Crippen LogP contribution is 2.34. The lowest BCUT2D eigenvalue weighted by atomic mass is 9.96. The van der Waals surface area contributed by atoms with Crippen molar-refractivity contribution >= 4 is 0 Å². The van der Waals surface area contributed by atoms with Gasteiger partial charge in [-0.15, -0.1) is 0 Å². The Bertz CT molecular complexity index is 847. The third-order valence-corrected chi connectivity index (χ3v) is 3.84. The molecule has 0 spiro atoms. The van der Waals surface area contributed by atoms with Crippen molar-refractivity contribution in [3.05, 3.63) is 64.7 Å². The van der Waals surface area contributed by atoms with Crippen molar-refractivity contribution in [2.45, 2.75) is 20.8 Å². The molecule has 2 aromatic carbocycles. The minimum Gasteiger partial charge on any atom is -0.354 e. The molecule has 1 aromatic heterocycles. The Morgan fingerprint density at radius 2 is 1.59 bits per heavy atom. The van der Waals surface area contributed by atoms with E-state index >= 15 is 0 Å². The molecular weight excluding hydrogens is 272 g/mol. The van der Waals surface area contributed by atoms with Crippen LogP contribution in [0.25, 0.3) is 22.6 Å². The van der Waals surface area contributed by atoms with Crippen LogP contribution in [0.4, 0.5) is 0 Å². The van der Waals surface area contributed by atoms with E-state index in [4.69, 9.17) is 4.52 Å². The van der Waals surface area contributed by atoms with Gasteiger partial charge < -0.3 is 4.52 Å². The molecule has 0 saturated heterocycles. The fourth-order valence-corrected chi connectivity index (χ4v) is 2.65. The molecule has 108 valence electrons. The Kier molecular flexibility index (Phi) is 3.52. The minimum atomic E-state index is 0.487. The van der Waals surface area contributed by atoms with E-state index in [1.165, 1.54) is 0 Å². The maximum Gasteiger partial charge on any atom is 0.185 e. The van der Waals surface area contributed by atoms with Gasteiger partial charge in [-0.2, -0.15) is 5.26 Å². The maximum absolute atomic E-state index is 9.60. The van der Waals surface area contributed by atoms with Crippen LogP contribution < -0.4 is 0 Å². The van der Waals surface area contributed by atoms with E-state index in [0.29, 0.717) is 17.0 Å². The number of aromatic nitrogens is 1. The molecule has 0 radical (unpaired) electrons. The first kappa shape index (κ1) is 14.1. The average Bonchev–Trinajstić information content (AvgIpc) is 2.91. The second-order valence-electron chi connectivity index (χ2n) is 5.48. The van der Waals surface area contributed by atoms with Crippen molar-refractivity contribution in [3.63, 3.8) is 0 Å². The number of hydrogen-bond donors (Lipinski definition) is 0.